The molecule has 5 rings (SSSR count). The summed E-state index contributed by atoms with van der Waals surface area (Å²) in [4.78, 5) is 12.7. The minimum absolute atomic E-state index is 0.0727. The number of hydrogen-bond acceptors (Lipinski definition) is 5. The molecule has 0 saturated heterocycles. The van der Waals surface area contributed by atoms with Crippen molar-refractivity contribution in [2.45, 2.75) is 17.9 Å². The van der Waals surface area contributed by atoms with Gasteiger partial charge in [0.1, 0.15) is 4.90 Å². The molecule has 0 aliphatic carbocycles. The maximum Gasteiger partial charge on any atom is 0.255 e. The van der Waals surface area contributed by atoms with Crippen LogP contribution in [0.3, 0.4) is 0 Å². The number of hydrogen-bond donors (Lipinski definition) is 1. The van der Waals surface area contributed by atoms with E-state index in [0.29, 0.717) is 30.2 Å². The van der Waals surface area contributed by atoms with Gasteiger partial charge in [0.25, 0.3) is 5.91 Å². The van der Waals surface area contributed by atoms with E-state index in [1.807, 2.05) is 24.3 Å². The number of benzene rings is 3. The molecule has 2 heterocycles. The highest BCUT2D eigenvalue weighted by molar-refractivity contribution is 7.89. The minimum Gasteiger partial charge on any atom is -0.454 e. The number of fused-ring (bicyclic) bond motifs is 2. The average molecular weight is 471 g/mol. The van der Waals surface area contributed by atoms with Crippen LogP contribution in [-0.4, -0.2) is 32.0 Å². The first-order valence-corrected chi connectivity index (χ1v) is 11.8. The number of carbonyl (C=O) groups is 1. The van der Waals surface area contributed by atoms with E-state index in [4.69, 9.17) is 21.1 Å². The van der Waals surface area contributed by atoms with Crippen LogP contribution in [0.1, 0.15) is 21.5 Å². The fraction of sp³-hybridized carbons (Fsp3) is 0.174. The lowest BCUT2D eigenvalue weighted by atomic mass is 10.0. The van der Waals surface area contributed by atoms with Crippen LogP contribution in [0.5, 0.6) is 11.5 Å². The molecule has 9 heteroatoms. The second kappa shape index (κ2) is 8.12. The first kappa shape index (κ1) is 20.8. The van der Waals surface area contributed by atoms with E-state index in [9.17, 15) is 13.2 Å². The van der Waals surface area contributed by atoms with E-state index in [-0.39, 0.29) is 28.8 Å². The number of nitrogens with one attached hydrogen (secondary N) is 1. The van der Waals surface area contributed by atoms with Crippen LogP contribution in [-0.2, 0) is 23.0 Å². The van der Waals surface area contributed by atoms with Crippen LogP contribution in [0.2, 0.25) is 5.02 Å². The number of amides is 1. The summed E-state index contributed by atoms with van der Waals surface area (Å²) in [5.74, 6) is 0.680. The Morgan fingerprint density at radius 1 is 0.969 bits per heavy atom. The Balaban J connectivity index is 1.40. The molecule has 2 aliphatic rings. The summed E-state index contributed by atoms with van der Waals surface area (Å²) in [5, 5.41) is 2.83. The third kappa shape index (κ3) is 3.81. The molecule has 164 valence electrons. The normalized spacial score (nSPS) is 15.3. The zero-order valence-electron chi connectivity index (χ0n) is 16.9. The van der Waals surface area contributed by atoms with E-state index in [1.165, 1.54) is 22.5 Å². The summed E-state index contributed by atoms with van der Waals surface area (Å²) < 4.78 is 38.7. The van der Waals surface area contributed by atoms with Crippen LogP contribution in [0, 0.1) is 0 Å². The molecular weight excluding hydrogens is 452 g/mol. The predicted molar refractivity (Wildman–Crippen MR) is 120 cm³/mol. The second-order valence-corrected chi connectivity index (χ2v) is 9.84. The standard InChI is InChI=1S/C23H19ClN2O5S/c24-19-7-5-16(23(27)25-18-6-8-20-21(12-18)31-14-30-20)11-22(19)32(28,29)26-10-9-15-3-1-2-4-17(15)13-26/h1-8,11-12H,9-10,13-14H2,(H,25,27). The Morgan fingerprint density at radius 2 is 1.75 bits per heavy atom. The van der Waals surface area contributed by atoms with E-state index in [0.717, 1.165) is 11.1 Å². The average Bonchev–Trinajstić information content (AvgIpc) is 3.27. The molecular formula is C23H19ClN2O5S. The van der Waals surface area contributed by atoms with Crippen molar-refractivity contribution in [2.24, 2.45) is 0 Å². The molecule has 2 aliphatic heterocycles. The lowest BCUT2D eigenvalue weighted by molar-refractivity contribution is 0.102. The van der Waals surface area contributed by atoms with Gasteiger partial charge in [-0.1, -0.05) is 35.9 Å². The van der Waals surface area contributed by atoms with Gasteiger partial charge in [-0.05, 0) is 47.9 Å². The van der Waals surface area contributed by atoms with Gasteiger partial charge in [0.2, 0.25) is 16.8 Å². The maximum absolute atomic E-state index is 13.4. The van der Waals surface area contributed by atoms with E-state index >= 15 is 0 Å². The lowest BCUT2D eigenvalue weighted by Crippen LogP contribution is -2.36. The Morgan fingerprint density at radius 3 is 2.59 bits per heavy atom. The summed E-state index contributed by atoms with van der Waals surface area (Å²) >= 11 is 6.26. The Bertz CT molecular complexity index is 1330. The van der Waals surface area contributed by atoms with E-state index < -0.39 is 15.9 Å². The zero-order valence-corrected chi connectivity index (χ0v) is 18.4. The van der Waals surface area contributed by atoms with Gasteiger partial charge >= 0.3 is 0 Å². The highest BCUT2D eigenvalue weighted by Crippen LogP contribution is 2.35. The summed E-state index contributed by atoms with van der Waals surface area (Å²) in [6.45, 7) is 0.748. The maximum atomic E-state index is 13.4. The molecule has 0 bridgehead atoms. The fourth-order valence-electron chi connectivity index (χ4n) is 3.83. The summed E-state index contributed by atoms with van der Waals surface area (Å²) in [6, 6.07) is 17.1. The lowest BCUT2D eigenvalue weighted by Gasteiger charge is -2.28. The molecule has 0 spiro atoms. The van der Waals surface area contributed by atoms with Crippen LogP contribution < -0.4 is 14.8 Å². The van der Waals surface area contributed by atoms with Gasteiger partial charge in [-0.3, -0.25) is 4.79 Å². The second-order valence-electron chi connectivity index (χ2n) is 7.52. The Kier molecular flexibility index (Phi) is 5.28. The third-order valence-corrected chi connectivity index (χ3v) is 7.86. The Labute approximate surface area is 190 Å². The molecule has 1 amide bonds. The number of nitrogens with zero attached hydrogens (tertiary/aromatic N) is 1. The van der Waals surface area contributed by atoms with Gasteiger partial charge in [-0.25, -0.2) is 8.42 Å². The number of sulfonamides is 1. The van der Waals surface area contributed by atoms with Gasteiger partial charge in [-0.2, -0.15) is 4.31 Å². The number of halogens is 1. The molecule has 0 saturated carbocycles. The number of ether oxygens (including phenoxy) is 2. The first-order chi connectivity index (χ1) is 15.4. The molecule has 1 N–H and O–H groups in total. The van der Waals surface area contributed by atoms with Crippen LogP contribution in [0.4, 0.5) is 5.69 Å². The molecule has 0 unspecified atom stereocenters. The van der Waals surface area contributed by atoms with Crippen molar-refractivity contribution >= 4 is 33.2 Å². The van der Waals surface area contributed by atoms with Crippen molar-refractivity contribution in [3.05, 3.63) is 82.4 Å². The van der Waals surface area contributed by atoms with Crippen molar-refractivity contribution in [1.82, 2.24) is 4.31 Å². The molecule has 7 nitrogen and oxygen atoms in total. The third-order valence-electron chi connectivity index (χ3n) is 5.54. The van der Waals surface area contributed by atoms with Crippen molar-refractivity contribution in [3.8, 4) is 11.5 Å². The highest BCUT2D eigenvalue weighted by Gasteiger charge is 2.30. The van der Waals surface area contributed by atoms with Crippen molar-refractivity contribution in [3.63, 3.8) is 0 Å². The minimum atomic E-state index is -3.89. The molecule has 3 aromatic rings. The Hall–Kier alpha value is -3.07. The van der Waals surface area contributed by atoms with Crippen molar-refractivity contribution in [1.29, 1.82) is 0 Å². The number of carbonyl (C=O) groups excluding carboxylic acids is 1. The largest absolute Gasteiger partial charge is 0.454 e. The van der Waals surface area contributed by atoms with Crippen LogP contribution in [0.15, 0.2) is 65.6 Å². The van der Waals surface area contributed by atoms with E-state index in [2.05, 4.69) is 5.32 Å². The van der Waals surface area contributed by atoms with Gasteiger partial charge in [0, 0.05) is 30.4 Å². The highest BCUT2D eigenvalue weighted by atomic mass is 35.5. The van der Waals surface area contributed by atoms with E-state index in [1.54, 1.807) is 18.2 Å². The molecule has 32 heavy (non-hydrogen) atoms. The summed E-state index contributed by atoms with van der Waals surface area (Å²) in [6.07, 6.45) is 0.622. The number of rotatable bonds is 4. The van der Waals surface area contributed by atoms with Gasteiger partial charge < -0.3 is 14.8 Å². The summed E-state index contributed by atoms with van der Waals surface area (Å²) in [5.41, 5.74) is 2.80. The quantitative estimate of drug-likeness (QED) is 0.621. The fourth-order valence-corrected chi connectivity index (χ4v) is 5.75. The first-order valence-electron chi connectivity index (χ1n) is 9.99. The van der Waals surface area contributed by atoms with Gasteiger partial charge in [0.15, 0.2) is 11.5 Å². The SMILES string of the molecule is O=C(Nc1ccc2c(c1)OCO2)c1ccc(Cl)c(S(=O)(=O)N2CCc3ccccc3C2)c1. The molecule has 0 aromatic heterocycles. The monoisotopic (exact) mass is 470 g/mol. The van der Waals surface area contributed by atoms with Crippen molar-refractivity contribution in [2.75, 3.05) is 18.7 Å². The van der Waals surface area contributed by atoms with Crippen LogP contribution >= 0.6 is 11.6 Å². The van der Waals surface area contributed by atoms with Crippen molar-refractivity contribution < 1.29 is 22.7 Å². The zero-order chi connectivity index (χ0) is 22.3. The molecule has 0 radical (unpaired) electrons. The van der Waals surface area contributed by atoms with Crippen LogP contribution in [0.25, 0.3) is 0 Å². The van der Waals surface area contributed by atoms with Gasteiger partial charge in [0.05, 0.1) is 5.02 Å². The van der Waals surface area contributed by atoms with Gasteiger partial charge in [-0.15, -0.1) is 0 Å². The molecule has 0 fully saturated rings. The predicted octanol–water partition coefficient (Wildman–Crippen LogP) is 4.07. The number of anilines is 1. The molecule has 3 aromatic carbocycles. The smallest absolute Gasteiger partial charge is 0.255 e. The summed E-state index contributed by atoms with van der Waals surface area (Å²) in [7, 11) is -3.89. The molecule has 0 atom stereocenters. The topological polar surface area (TPSA) is 84.9 Å².